The Morgan fingerprint density at radius 3 is 2.64 bits per heavy atom. The third-order valence-corrected chi connectivity index (χ3v) is 4.98. The number of amides is 1. The Morgan fingerprint density at radius 2 is 1.96 bits per heavy atom. The molecule has 1 heterocycles. The van der Waals surface area contributed by atoms with E-state index in [9.17, 15) is 4.79 Å². The molecular formula is C20H26N2O3. The second-order valence-corrected chi connectivity index (χ2v) is 6.83. The van der Waals surface area contributed by atoms with Gasteiger partial charge in [-0.3, -0.25) is 4.79 Å². The highest BCUT2D eigenvalue weighted by Gasteiger charge is 2.31. The van der Waals surface area contributed by atoms with Gasteiger partial charge in [0.25, 0.3) is 0 Å². The molecule has 1 aliphatic carbocycles. The quantitative estimate of drug-likeness (QED) is 0.895. The lowest BCUT2D eigenvalue weighted by atomic mass is 9.91. The molecule has 134 valence electrons. The summed E-state index contributed by atoms with van der Waals surface area (Å²) >= 11 is 0. The van der Waals surface area contributed by atoms with Gasteiger partial charge in [-0.05, 0) is 52.2 Å². The van der Waals surface area contributed by atoms with Crippen LogP contribution in [0.5, 0.6) is 5.75 Å². The number of rotatable bonds is 5. The van der Waals surface area contributed by atoms with Crippen LogP contribution in [0.2, 0.25) is 0 Å². The van der Waals surface area contributed by atoms with E-state index in [-0.39, 0.29) is 24.0 Å². The van der Waals surface area contributed by atoms with Gasteiger partial charge in [0.2, 0.25) is 5.91 Å². The lowest BCUT2D eigenvalue weighted by Gasteiger charge is -2.33. The molecule has 1 aromatic carbocycles. The van der Waals surface area contributed by atoms with Crippen LogP contribution in [0, 0.1) is 13.8 Å². The fourth-order valence-corrected chi connectivity index (χ4v) is 3.62. The molecule has 1 saturated carbocycles. The number of nitrogens with one attached hydrogen (secondary N) is 1. The number of hydrogen-bond acceptors (Lipinski definition) is 4. The molecule has 1 aromatic heterocycles. The van der Waals surface area contributed by atoms with Gasteiger partial charge in [-0.25, -0.2) is 0 Å². The molecule has 0 bridgehead atoms. The zero-order valence-electron chi connectivity index (χ0n) is 15.1. The minimum Gasteiger partial charge on any atom is -0.488 e. The van der Waals surface area contributed by atoms with Crippen molar-refractivity contribution in [2.75, 3.05) is 0 Å². The first-order valence-corrected chi connectivity index (χ1v) is 9.01. The van der Waals surface area contributed by atoms with Crippen LogP contribution < -0.4 is 10.1 Å². The highest BCUT2D eigenvalue weighted by molar-refractivity contribution is 5.84. The summed E-state index contributed by atoms with van der Waals surface area (Å²) in [7, 11) is 0. The summed E-state index contributed by atoms with van der Waals surface area (Å²) in [6.07, 6.45) is 4.15. The number of nitrogens with zero attached hydrogens (tertiary/aromatic N) is 1. The molecule has 1 aliphatic rings. The Labute approximate surface area is 148 Å². The molecular weight excluding hydrogens is 316 g/mol. The first-order chi connectivity index (χ1) is 12.1. The van der Waals surface area contributed by atoms with Gasteiger partial charge in [0.1, 0.15) is 17.6 Å². The molecule has 25 heavy (non-hydrogen) atoms. The standard InChI is InChI=1S/C20H26N2O3/c1-13(19-14(2)22-25-15(19)3)20(23)21-17-11-7-8-12-18(17)24-16-9-5-4-6-10-16/h4-6,9-10,13,17-18H,7-8,11-12H2,1-3H3,(H,21,23)/t13-,17-,18-/m0/s1. The largest absolute Gasteiger partial charge is 0.488 e. The van der Waals surface area contributed by atoms with Gasteiger partial charge in [-0.1, -0.05) is 29.8 Å². The third-order valence-electron chi connectivity index (χ3n) is 4.98. The molecule has 5 heteroatoms. The first-order valence-electron chi connectivity index (χ1n) is 9.01. The molecule has 2 aromatic rings. The minimum absolute atomic E-state index is 0.00274. The molecule has 1 amide bonds. The van der Waals surface area contributed by atoms with Gasteiger partial charge in [-0.2, -0.15) is 0 Å². The van der Waals surface area contributed by atoms with Gasteiger partial charge in [0.05, 0.1) is 17.7 Å². The molecule has 0 spiro atoms. The van der Waals surface area contributed by atoms with Crippen LogP contribution >= 0.6 is 0 Å². The SMILES string of the molecule is Cc1noc(C)c1[C@H](C)C(=O)N[C@H]1CCCC[C@@H]1Oc1ccccc1. The zero-order valence-corrected chi connectivity index (χ0v) is 15.1. The van der Waals surface area contributed by atoms with Crippen molar-refractivity contribution in [2.45, 2.75) is 64.5 Å². The van der Waals surface area contributed by atoms with Crippen molar-refractivity contribution >= 4 is 5.91 Å². The van der Waals surface area contributed by atoms with E-state index in [1.54, 1.807) is 0 Å². The van der Waals surface area contributed by atoms with Crippen LogP contribution in [-0.4, -0.2) is 23.2 Å². The Morgan fingerprint density at radius 1 is 1.24 bits per heavy atom. The molecule has 0 saturated heterocycles. The Balaban J connectivity index is 1.67. The van der Waals surface area contributed by atoms with Crippen LogP contribution in [0.1, 0.15) is 55.5 Å². The summed E-state index contributed by atoms with van der Waals surface area (Å²) in [6, 6.07) is 9.85. The summed E-state index contributed by atoms with van der Waals surface area (Å²) in [4.78, 5) is 12.8. The van der Waals surface area contributed by atoms with E-state index >= 15 is 0 Å². The van der Waals surface area contributed by atoms with Crippen LogP contribution in [0.3, 0.4) is 0 Å². The van der Waals surface area contributed by atoms with E-state index in [1.807, 2.05) is 51.1 Å². The summed E-state index contributed by atoms with van der Waals surface area (Å²) in [6.45, 7) is 5.62. The van der Waals surface area contributed by atoms with E-state index in [2.05, 4.69) is 10.5 Å². The minimum atomic E-state index is -0.287. The van der Waals surface area contributed by atoms with Crippen LogP contribution in [0.15, 0.2) is 34.9 Å². The summed E-state index contributed by atoms with van der Waals surface area (Å²) < 4.78 is 11.3. The second kappa shape index (κ2) is 7.72. The average Bonchev–Trinajstić information content (AvgIpc) is 2.95. The van der Waals surface area contributed by atoms with Crippen molar-refractivity contribution in [3.63, 3.8) is 0 Å². The van der Waals surface area contributed by atoms with Crippen molar-refractivity contribution in [1.82, 2.24) is 10.5 Å². The zero-order chi connectivity index (χ0) is 17.8. The van der Waals surface area contributed by atoms with E-state index in [0.717, 1.165) is 42.7 Å². The van der Waals surface area contributed by atoms with Crippen molar-refractivity contribution in [2.24, 2.45) is 0 Å². The van der Waals surface area contributed by atoms with E-state index in [4.69, 9.17) is 9.26 Å². The normalized spacial score (nSPS) is 21.6. The number of para-hydroxylation sites is 1. The molecule has 0 radical (unpaired) electrons. The van der Waals surface area contributed by atoms with Gasteiger partial charge in [0, 0.05) is 5.56 Å². The van der Waals surface area contributed by atoms with Gasteiger partial charge in [0.15, 0.2) is 0 Å². The van der Waals surface area contributed by atoms with E-state index in [0.29, 0.717) is 5.76 Å². The Bertz CT molecular complexity index is 691. The van der Waals surface area contributed by atoms with Gasteiger partial charge in [-0.15, -0.1) is 0 Å². The maximum atomic E-state index is 12.8. The smallest absolute Gasteiger partial charge is 0.227 e. The number of carbonyl (C=O) groups excluding carboxylic acids is 1. The van der Waals surface area contributed by atoms with Crippen molar-refractivity contribution in [1.29, 1.82) is 0 Å². The summed E-state index contributed by atoms with van der Waals surface area (Å²) in [5.41, 5.74) is 1.66. The Hall–Kier alpha value is -2.30. The van der Waals surface area contributed by atoms with Gasteiger partial charge < -0.3 is 14.6 Å². The number of aromatic nitrogens is 1. The number of ether oxygens (including phenoxy) is 1. The van der Waals surface area contributed by atoms with Crippen LogP contribution in [0.4, 0.5) is 0 Å². The van der Waals surface area contributed by atoms with Crippen LogP contribution in [-0.2, 0) is 4.79 Å². The lowest BCUT2D eigenvalue weighted by molar-refractivity contribution is -0.124. The summed E-state index contributed by atoms with van der Waals surface area (Å²) in [5.74, 6) is 1.28. The van der Waals surface area contributed by atoms with Crippen molar-refractivity contribution in [3.05, 3.63) is 47.3 Å². The van der Waals surface area contributed by atoms with Gasteiger partial charge >= 0.3 is 0 Å². The molecule has 1 N–H and O–H groups in total. The van der Waals surface area contributed by atoms with E-state index in [1.165, 1.54) is 0 Å². The monoisotopic (exact) mass is 342 g/mol. The number of carbonyl (C=O) groups is 1. The predicted molar refractivity (Wildman–Crippen MR) is 95.6 cm³/mol. The van der Waals surface area contributed by atoms with Crippen molar-refractivity contribution in [3.8, 4) is 5.75 Å². The molecule has 0 aliphatic heterocycles. The molecule has 3 atom stereocenters. The number of aryl methyl sites for hydroxylation is 2. The third kappa shape index (κ3) is 4.03. The van der Waals surface area contributed by atoms with Crippen molar-refractivity contribution < 1.29 is 14.1 Å². The average molecular weight is 342 g/mol. The number of benzene rings is 1. The molecule has 3 rings (SSSR count). The second-order valence-electron chi connectivity index (χ2n) is 6.83. The van der Waals surface area contributed by atoms with Crippen LogP contribution in [0.25, 0.3) is 0 Å². The fourth-order valence-electron chi connectivity index (χ4n) is 3.62. The highest BCUT2D eigenvalue weighted by Crippen LogP contribution is 2.27. The highest BCUT2D eigenvalue weighted by atomic mass is 16.5. The summed E-state index contributed by atoms with van der Waals surface area (Å²) in [5, 5.41) is 7.16. The predicted octanol–water partition coefficient (Wildman–Crippen LogP) is 3.90. The first kappa shape index (κ1) is 17.5. The maximum Gasteiger partial charge on any atom is 0.227 e. The van der Waals surface area contributed by atoms with E-state index < -0.39 is 0 Å². The lowest BCUT2D eigenvalue weighted by Crippen LogP contribution is -2.48. The maximum absolute atomic E-state index is 12.8. The number of hydrogen-bond donors (Lipinski definition) is 1. The molecule has 1 fully saturated rings. The fraction of sp³-hybridized carbons (Fsp3) is 0.500. The molecule has 0 unspecified atom stereocenters. The Kier molecular flexibility index (Phi) is 5.41. The topological polar surface area (TPSA) is 64.4 Å². The molecule has 5 nitrogen and oxygen atoms in total.